The maximum atomic E-state index is 15.6. The van der Waals surface area contributed by atoms with E-state index in [4.69, 9.17) is 28.0 Å². The highest BCUT2D eigenvalue weighted by Crippen LogP contribution is 2.47. The molecule has 0 spiro atoms. The first-order valence-electron chi connectivity index (χ1n) is 14.8. The number of nitrogens with one attached hydrogen (secondary N) is 2. The lowest BCUT2D eigenvalue weighted by Crippen LogP contribution is -2.38. The maximum absolute atomic E-state index is 15.6. The van der Waals surface area contributed by atoms with E-state index in [9.17, 15) is 18.9 Å². The van der Waals surface area contributed by atoms with E-state index in [1.165, 1.54) is 13.8 Å². The lowest BCUT2D eigenvalue weighted by atomic mass is 10.0. The summed E-state index contributed by atoms with van der Waals surface area (Å²) in [5, 5.41) is 2.59. The minimum atomic E-state index is -4.31. The Labute approximate surface area is 271 Å². The highest BCUT2D eigenvalue weighted by molar-refractivity contribution is 7.52. The Hall–Kier alpha value is -4.23. The molecular formula is C32H39FN3O10P. The highest BCUT2D eigenvalue weighted by Gasteiger charge is 2.48. The van der Waals surface area contributed by atoms with Gasteiger partial charge in [0, 0.05) is 24.8 Å². The largest absolute Gasteiger partial charge is 0.497 e. The molecule has 1 aromatic heterocycles. The summed E-state index contributed by atoms with van der Waals surface area (Å²) in [6.07, 6.45) is 1.86. The molecule has 1 unspecified atom stereocenters. The molecule has 3 aromatic rings. The lowest BCUT2D eigenvalue weighted by Gasteiger charge is -2.24. The molecule has 0 saturated carbocycles. The minimum absolute atomic E-state index is 0.158. The fraction of sp³-hybridized carbons (Fsp3) is 0.406. The Balaban J connectivity index is 1.50. The number of halogens is 1. The molecule has 2 N–H and O–H groups in total. The Morgan fingerprint density at radius 1 is 1.06 bits per heavy atom. The SMILES string of the molecule is COc1cc(/C=C/c2ccc(OP(=O)(N[C@@H](C)C(=O)OC(C)C)OC[C@@H]3C[C@@](C)(F)[C@H](n4ccc(=O)[nH]c4=O)O3)cc2)cc(OC)c1. The van der Waals surface area contributed by atoms with Crippen LogP contribution in [0.4, 0.5) is 4.39 Å². The first-order valence-corrected chi connectivity index (χ1v) is 16.3. The monoisotopic (exact) mass is 675 g/mol. The van der Waals surface area contributed by atoms with Crippen molar-refractivity contribution in [2.75, 3.05) is 20.8 Å². The number of alkyl halides is 1. The zero-order chi connectivity index (χ0) is 34.4. The molecule has 47 heavy (non-hydrogen) atoms. The molecule has 5 atom stereocenters. The van der Waals surface area contributed by atoms with Crippen molar-refractivity contribution in [3.8, 4) is 17.2 Å². The number of nitrogens with zero attached hydrogens (tertiary/aromatic N) is 1. The molecule has 1 aliphatic heterocycles. The van der Waals surface area contributed by atoms with E-state index in [-0.39, 0.29) is 12.2 Å². The Morgan fingerprint density at radius 2 is 1.70 bits per heavy atom. The van der Waals surface area contributed by atoms with Gasteiger partial charge in [-0.2, -0.15) is 5.09 Å². The fourth-order valence-electron chi connectivity index (χ4n) is 4.78. The van der Waals surface area contributed by atoms with E-state index >= 15 is 4.39 Å². The van der Waals surface area contributed by atoms with Crippen LogP contribution in [0.2, 0.25) is 0 Å². The zero-order valence-electron chi connectivity index (χ0n) is 26.9. The van der Waals surface area contributed by atoms with Crippen molar-refractivity contribution in [2.24, 2.45) is 0 Å². The van der Waals surface area contributed by atoms with Crippen LogP contribution in [0.15, 0.2) is 64.3 Å². The first kappa shape index (κ1) is 35.6. The van der Waals surface area contributed by atoms with Gasteiger partial charge >= 0.3 is 19.4 Å². The van der Waals surface area contributed by atoms with E-state index in [2.05, 4.69) is 10.1 Å². The second kappa shape index (κ2) is 15.1. The van der Waals surface area contributed by atoms with Crippen LogP contribution in [0.5, 0.6) is 17.2 Å². The van der Waals surface area contributed by atoms with Crippen LogP contribution >= 0.6 is 7.75 Å². The van der Waals surface area contributed by atoms with Gasteiger partial charge in [0.1, 0.15) is 23.3 Å². The topological polar surface area (TPSA) is 156 Å². The van der Waals surface area contributed by atoms with E-state index < -0.39 is 61.7 Å². The number of rotatable bonds is 14. The van der Waals surface area contributed by atoms with Crippen LogP contribution in [-0.2, 0) is 23.4 Å². The highest BCUT2D eigenvalue weighted by atomic mass is 31.2. The number of carbonyl (C=O) groups excluding carboxylic acids is 1. The van der Waals surface area contributed by atoms with Crippen molar-refractivity contribution >= 4 is 25.9 Å². The summed E-state index contributed by atoms with van der Waals surface area (Å²) < 4.78 is 63.6. The normalized spacial score (nSPS) is 21.4. The first-order chi connectivity index (χ1) is 22.2. The lowest BCUT2D eigenvalue weighted by molar-refractivity contribution is -0.149. The van der Waals surface area contributed by atoms with Crippen molar-refractivity contribution in [1.29, 1.82) is 0 Å². The maximum Gasteiger partial charge on any atom is 0.459 e. The zero-order valence-corrected chi connectivity index (χ0v) is 27.8. The van der Waals surface area contributed by atoms with Crippen LogP contribution < -0.4 is 30.3 Å². The summed E-state index contributed by atoms with van der Waals surface area (Å²) in [4.78, 5) is 38.4. The second-order valence-corrected chi connectivity index (χ2v) is 13.1. The van der Waals surface area contributed by atoms with Crippen LogP contribution in [0, 0.1) is 0 Å². The number of aromatic nitrogens is 2. The molecule has 2 aromatic carbocycles. The molecule has 1 saturated heterocycles. The summed E-state index contributed by atoms with van der Waals surface area (Å²) in [6, 6.07) is 12.0. The third-order valence-electron chi connectivity index (χ3n) is 7.00. The molecule has 0 bridgehead atoms. The van der Waals surface area contributed by atoms with Gasteiger partial charge in [-0.1, -0.05) is 24.3 Å². The van der Waals surface area contributed by atoms with Gasteiger partial charge in [-0.05, 0) is 63.1 Å². The summed E-state index contributed by atoms with van der Waals surface area (Å²) in [5.74, 6) is 0.754. The van der Waals surface area contributed by atoms with Gasteiger partial charge in [0.05, 0.1) is 33.0 Å². The molecule has 0 radical (unpaired) electrons. The van der Waals surface area contributed by atoms with Gasteiger partial charge in [0.25, 0.3) is 5.56 Å². The molecule has 0 amide bonds. The predicted octanol–water partition coefficient (Wildman–Crippen LogP) is 4.87. The Kier molecular flexibility index (Phi) is 11.5. The number of hydrogen-bond acceptors (Lipinski definition) is 10. The summed E-state index contributed by atoms with van der Waals surface area (Å²) >= 11 is 0. The van der Waals surface area contributed by atoms with Gasteiger partial charge in [0.15, 0.2) is 11.9 Å². The van der Waals surface area contributed by atoms with Crippen molar-refractivity contribution in [3.05, 3.63) is 86.7 Å². The quantitative estimate of drug-likeness (QED) is 0.137. The third kappa shape index (κ3) is 9.64. The van der Waals surface area contributed by atoms with Crippen molar-refractivity contribution < 1.29 is 41.7 Å². The standard InChI is InChI=1S/C32H39FN3O10P/c1-20(2)44-29(38)21(3)35-47(40,43-19-27-18-32(4,33)30(45-27)36-14-13-28(37)34-31(36)39)46-24-11-9-22(10-12-24)7-8-23-15-25(41-5)17-26(16-23)42-6/h7-17,20-21,27,30H,18-19H2,1-6H3,(H,35,40)(H,34,37,39)/b8-7+/t21-,27-,30+,32+,47?/m0/s1. The Bertz CT molecular complexity index is 1720. The van der Waals surface area contributed by atoms with E-state index in [1.807, 2.05) is 24.3 Å². The number of H-pyrrole nitrogens is 1. The van der Waals surface area contributed by atoms with Crippen LogP contribution in [0.1, 0.15) is 51.5 Å². The van der Waals surface area contributed by atoms with Gasteiger partial charge in [-0.15, -0.1) is 0 Å². The van der Waals surface area contributed by atoms with Gasteiger partial charge in [-0.25, -0.2) is 13.8 Å². The second-order valence-electron chi connectivity index (χ2n) is 11.4. The molecule has 4 rings (SSSR count). The molecule has 15 heteroatoms. The molecule has 1 aliphatic rings. The predicted molar refractivity (Wildman–Crippen MR) is 172 cm³/mol. The number of ether oxygens (including phenoxy) is 4. The van der Waals surface area contributed by atoms with Crippen LogP contribution in [-0.4, -0.2) is 60.3 Å². The number of carbonyl (C=O) groups is 1. The number of hydrogen-bond donors (Lipinski definition) is 2. The fourth-order valence-corrected chi connectivity index (χ4v) is 6.30. The average Bonchev–Trinajstić information content (AvgIpc) is 3.32. The summed E-state index contributed by atoms with van der Waals surface area (Å²) in [7, 11) is -1.17. The van der Waals surface area contributed by atoms with Crippen molar-refractivity contribution in [1.82, 2.24) is 14.6 Å². The van der Waals surface area contributed by atoms with Crippen LogP contribution in [0.3, 0.4) is 0 Å². The van der Waals surface area contributed by atoms with Crippen LogP contribution in [0.25, 0.3) is 12.2 Å². The Morgan fingerprint density at radius 3 is 2.30 bits per heavy atom. The van der Waals surface area contributed by atoms with E-state index in [0.29, 0.717) is 11.5 Å². The molecular weight excluding hydrogens is 636 g/mol. The molecule has 2 heterocycles. The summed E-state index contributed by atoms with van der Waals surface area (Å²) in [6.45, 7) is 5.61. The molecule has 254 valence electrons. The van der Waals surface area contributed by atoms with Gasteiger partial charge in [-0.3, -0.25) is 23.7 Å². The van der Waals surface area contributed by atoms with Crippen molar-refractivity contribution in [3.63, 3.8) is 0 Å². The number of esters is 1. The summed E-state index contributed by atoms with van der Waals surface area (Å²) in [5.41, 5.74) is -1.88. The molecule has 1 fully saturated rings. The van der Waals surface area contributed by atoms with E-state index in [0.717, 1.165) is 28.0 Å². The number of benzene rings is 2. The molecule has 0 aliphatic carbocycles. The number of methoxy groups -OCH3 is 2. The smallest absolute Gasteiger partial charge is 0.459 e. The minimum Gasteiger partial charge on any atom is -0.497 e. The molecule has 13 nitrogen and oxygen atoms in total. The van der Waals surface area contributed by atoms with Crippen molar-refractivity contribution in [2.45, 2.75) is 64.3 Å². The third-order valence-corrected chi connectivity index (χ3v) is 8.65. The van der Waals surface area contributed by atoms with Gasteiger partial charge in [0.2, 0.25) is 0 Å². The van der Waals surface area contributed by atoms with E-state index in [1.54, 1.807) is 58.4 Å². The number of aromatic amines is 1. The van der Waals surface area contributed by atoms with Gasteiger partial charge < -0.3 is 23.5 Å². The average molecular weight is 676 g/mol.